The maximum atomic E-state index is 3.99. The topological polar surface area (TPSA) is 273 Å². The predicted molar refractivity (Wildman–Crippen MR) is 131 cm³/mol. The van der Waals surface area contributed by atoms with Crippen molar-refractivity contribution in [2.75, 3.05) is 0 Å². The van der Waals surface area contributed by atoms with Gasteiger partial charge in [0.05, 0.1) is 12.7 Å². The molecule has 0 bridgehead atoms. The smallest absolute Gasteiger partial charge is 0.457 e. The molecule has 193 valence electrons. The van der Waals surface area contributed by atoms with E-state index in [1.165, 1.54) is 0 Å². The van der Waals surface area contributed by atoms with Crippen molar-refractivity contribution in [1.82, 2.24) is 60.4 Å². The average Bonchev–Trinajstić information content (AvgIpc) is 3.69. The Labute approximate surface area is 219 Å². The summed E-state index contributed by atoms with van der Waals surface area (Å²) in [7, 11) is 0. The van der Waals surface area contributed by atoms with Crippen molar-refractivity contribution >= 4 is 0 Å². The summed E-state index contributed by atoms with van der Waals surface area (Å²) in [6.45, 7) is 0. The number of tetrazole rings is 2. The molecule has 0 atom stereocenters. The minimum atomic E-state index is 0. The Morgan fingerprint density at radius 3 is 1.19 bits per heavy atom. The standard InChI is InChI=1S/2C10H7N6.Mn.4H2O/c2*1-3-9(16-6-5-11-7-16)4-2-8(1)10-12-14-15-13-10;;;;;/h2*1-7H;;4*1H2/q2*-1;+2;;;;/p+4. The third-order valence-corrected chi connectivity index (χ3v) is 4.49. The molecule has 0 saturated heterocycles. The molecule has 0 aliphatic rings. The Hall–Kier alpha value is -4.64. The van der Waals surface area contributed by atoms with Gasteiger partial charge in [-0.2, -0.15) is 10.4 Å². The molecule has 0 unspecified atom stereocenters. The van der Waals surface area contributed by atoms with Gasteiger partial charge in [0.1, 0.15) is 0 Å². The molecule has 4 heterocycles. The summed E-state index contributed by atoms with van der Waals surface area (Å²) in [6.07, 6.45) is 10.7. The fraction of sp³-hybridized carbons (Fsp3) is 0. The largest absolute Gasteiger partial charge is 2.00 e. The summed E-state index contributed by atoms with van der Waals surface area (Å²) in [4.78, 5) is 7.98. The predicted octanol–water partition coefficient (Wildman–Crippen LogP) is -2.33. The van der Waals surface area contributed by atoms with Gasteiger partial charge in [-0.1, -0.05) is 24.3 Å². The zero-order chi connectivity index (χ0) is 21.6. The van der Waals surface area contributed by atoms with Crippen LogP contribution in [0.25, 0.3) is 34.2 Å². The Morgan fingerprint density at radius 2 is 0.919 bits per heavy atom. The van der Waals surface area contributed by atoms with Crippen LogP contribution in [0, 0.1) is 0 Å². The molecule has 16 nitrogen and oxygen atoms in total. The molecule has 17 heteroatoms. The second-order valence-electron chi connectivity index (χ2n) is 6.44. The summed E-state index contributed by atoms with van der Waals surface area (Å²) >= 11 is 0. The van der Waals surface area contributed by atoms with Gasteiger partial charge in [0.25, 0.3) is 0 Å². The van der Waals surface area contributed by atoms with Gasteiger partial charge in [-0.25, -0.2) is 9.97 Å². The fourth-order valence-electron chi connectivity index (χ4n) is 2.91. The van der Waals surface area contributed by atoms with Crippen molar-refractivity contribution in [3.8, 4) is 34.2 Å². The maximum absolute atomic E-state index is 3.99. The minimum absolute atomic E-state index is 0. The van der Waals surface area contributed by atoms with Crippen LogP contribution in [0.3, 0.4) is 0 Å². The van der Waals surface area contributed by atoms with Crippen LogP contribution in [-0.2, 0) is 39.0 Å². The summed E-state index contributed by atoms with van der Waals surface area (Å²) in [5.74, 6) is 1.08. The zero-order valence-electron chi connectivity index (χ0n) is 19.1. The van der Waals surface area contributed by atoms with E-state index in [0.29, 0.717) is 11.6 Å². The Bertz CT molecular complexity index is 1130. The van der Waals surface area contributed by atoms with Crippen LogP contribution in [0.2, 0.25) is 0 Å². The maximum Gasteiger partial charge on any atom is 2.00 e. The zero-order valence-corrected chi connectivity index (χ0v) is 20.3. The number of benzene rings is 2. The molecular formula is C20H26MnN12O4+4. The van der Waals surface area contributed by atoms with Crippen molar-refractivity contribution in [2.45, 2.75) is 0 Å². The molecule has 1 radical (unpaired) electrons. The van der Waals surface area contributed by atoms with E-state index in [1.807, 2.05) is 70.1 Å². The van der Waals surface area contributed by atoms with Crippen molar-refractivity contribution in [2.24, 2.45) is 0 Å². The van der Waals surface area contributed by atoms with Crippen molar-refractivity contribution in [3.63, 3.8) is 0 Å². The molecule has 0 spiro atoms. The van der Waals surface area contributed by atoms with E-state index in [9.17, 15) is 0 Å². The van der Waals surface area contributed by atoms with E-state index >= 15 is 0 Å². The van der Waals surface area contributed by atoms with Gasteiger partial charge < -0.3 is 41.2 Å². The second-order valence-corrected chi connectivity index (χ2v) is 6.44. The van der Waals surface area contributed by atoms with Crippen LogP contribution >= 0.6 is 0 Å². The monoisotopic (exact) mass is 553 g/mol. The third-order valence-electron chi connectivity index (χ3n) is 4.49. The Balaban J connectivity index is 0.000000617. The number of imidazole rings is 2. The van der Waals surface area contributed by atoms with Crippen LogP contribution < -0.4 is 10.2 Å². The average molecular weight is 553 g/mol. The van der Waals surface area contributed by atoms with E-state index in [0.717, 1.165) is 22.5 Å². The van der Waals surface area contributed by atoms with Crippen LogP contribution in [0.1, 0.15) is 0 Å². The molecular weight excluding hydrogens is 527 g/mol. The molecule has 0 saturated carbocycles. The summed E-state index contributed by atoms with van der Waals surface area (Å²) in [6, 6.07) is 15.6. The Kier molecular flexibility index (Phi) is 13.4. The van der Waals surface area contributed by atoms with Gasteiger partial charge in [-0.15, -0.1) is 0 Å². The van der Waals surface area contributed by atoms with Gasteiger partial charge in [0.15, 0.2) is 0 Å². The molecule has 0 fully saturated rings. The summed E-state index contributed by atoms with van der Waals surface area (Å²) in [5, 5.41) is 28.9. The van der Waals surface area contributed by atoms with E-state index in [2.05, 4.69) is 51.2 Å². The van der Waals surface area contributed by atoms with Crippen LogP contribution in [0.15, 0.2) is 86.0 Å². The molecule has 6 rings (SSSR count). The quantitative estimate of drug-likeness (QED) is 0.166. The molecule has 0 aliphatic heterocycles. The van der Waals surface area contributed by atoms with Crippen molar-refractivity contribution < 1.29 is 39.0 Å². The molecule has 6 aromatic rings. The summed E-state index contributed by atoms with van der Waals surface area (Å²) in [5.41, 5.74) is 3.87. The van der Waals surface area contributed by atoms with Gasteiger partial charge in [0.2, 0.25) is 0 Å². The number of nitrogens with zero attached hydrogens (tertiary/aromatic N) is 12. The van der Waals surface area contributed by atoms with E-state index in [4.69, 9.17) is 0 Å². The van der Waals surface area contributed by atoms with Crippen LogP contribution in [-0.4, -0.2) is 50.2 Å². The molecule has 2 aromatic carbocycles. The van der Waals surface area contributed by atoms with Crippen molar-refractivity contribution in [1.29, 1.82) is 0 Å². The first-order valence-corrected chi connectivity index (χ1v) is 9.42. The van der Waals surface area contributed by atoms with Gasteiger partial charge in [-0.05, 0) is 35.4 Å². The summed E-state index contributed by atoms with van der Waals surface area (Å²) < 4.78 is 3.85. The first-order chi connectivity index (χ1) is 15.9. The van der Waals surface area contributed by atoms with E-state index < -0.39 is 0 Å². The number of hydrogen-bond donors (Lipinski definition) is 0. The molecule has 37 heavy (non-hydrogen) atoms. The molecule has 0 aliphatic carbocycles. The number of rotatable bonds is 4. The SMILES string of the molecule is [Mn+2].[OH3+].[OH3+].[OH3+].[OH3+].c1cn(-c2ccc(-c3nnn[n-]3)cc2)cn1.c1cn(-c2ccc(-c3nnn[n-]3)cc2)cn1. The fourth-order valence-corrected chi connectivity index (χ4v) is 2.91. The molecule has 0 amide bonds. The Morgan fingerprint density at radius 1 is 0.541 bits per heavy atom. The normalized spacial score (nSPS) is 9.08. The first-order valence-electron chi connectivity index (χ1n) is 9.42. The minimum Gasteiger partial charge on any atom is -0.457 e. The van der Waals surface area contributed by atoms with Crippen LogP contribution in [0.4, 0.5) is 0 Å². The van der Waals surface area contributed by atoms with Crippen LogP contribution in [0.5, 0.6) is 0 Å². The van der Waals surface area contributed by atoms with Gasteiger partial charge in [0, 0.05) is 47.8 Å². The first kappa shape index (κ1) is 32.4. The van der Waals surface area contributed by atoms with Crippen molar-refractivity contribution in [3.05, 3.63) is 86.0 Å². The van der Waals surface area contributed by atoms with Gasteiger partial charge >= 0.3 is 17.1 Å². The second kappa shape index (κ2) is 15.4. The number of aromatic nitrogens is 12. The van der Waals surface area contributed by atoms with E-state index in [1.54, 1.807) is 25.0 Å². The molecule has 4 aromatic heterocycles. The number of hydrogen-bond acceptors (Lipinski definition) is 8. The van der Waals surface area contributed by atoms with Gasteiger partial charge in [-0.3, -0.25) is 20.6 Å². The third kappa shape index (κ3) is 7.67. The van der Waals surface area contributed by atoms with E-state index in [-0.39, 0.29) is 39.0 Å². The molecule has 12 N–H and O–H groups in total.